The van der Waals surface area contributed by atoms with Crippen LogP contribution in [0.5, 0.6) is 0 Å². The molecule has 1 fully saturated rings. The third kappa shape index (κ3) is 2.17. The Kier molecular flexibility index (Phi) is 3.40. The molecule has 1 aliphatic carbocycles. The third-order valence-corrected chi connectivity index (χ3v) is 3.94. The van der Waals surface area contributed by atoms with Crippen molar-refractivity contribution in [3.05, 3.63) is 34.6 Å². The van der Waals surface area contributed by atoms with Crippen molar-refractivity contribution in [2.45, 2.75) is 38.0 Å². The summed E-state index contributed by atoms with van der Waals surface area (Å²) in [6, 6.07) is 6.71. The van der Waals surface area contributed by atoms with Gasteiger partial charge in [0.15, 0.2) is 0 Å². The minimum absolute atomic E-state index is 0.351. The predicted octanol–water partition coefficient (Wildman–Crippen LogP) is 4.45. The Bertz CT molecular complexity index is 458. The highest BCUT2D eigenvalue weighted by Crippen LogP contribution is 2.50. The molecule has 0 amide bonds. The minimum Gasteiger partial charge on any atom is -0.207 e. The molecular formula is C14H15ClFN. The molecule has 0 saturated heterocycles. The van der Waals surface area contributed by atoms with Gasteiger partial charge in [0, 0.05) is 5.02 Å². The van der Waals surface area contributed by atoms with Crippen molar-refractivity contribution in [2.75, 3.05) is 0 Å². The van der Waals surface area contributed by atoms with Crippen LogP contribution in [0.4, 0.5) is 4.39 Å². The monoisotopic (exact) mass is 251 g/mol. The molecule has 1 aromatic rings. The number of hydrogen-bond donors (Lipinski definition) is 0. The zero-order valence-corrected chi connectivity index (χ0v) is 10.6. The van der Waals surface area contributed by atoms with Crippen LogP contribution >= 0.6 is 11.6 Å². The van der Waals surface area contributed by atoms with Gasteiger partial charge in [0.25, 0.3) is 0 Å². The first-order valence-electron chi connectivity index (χ1n) is 5.98. The van der Waals surface area contributed by atoms with Crippen LogP contribution in [0.3, 0.4) is 0 Å². The normalized spacial score (nSPS) is 27.3. The first-order valence-corrected chi connectivity index (χ1v) is 6.36. The summed E-state index contributed by atoms with van der Waals surface area (Å²) in [5.74, 6) is 0.261. The van der Waals surface area contributed by atoms with Crippen molar-refractivity contribution in [1.82, 2.24) is 0 Å². The van der Waals surface area contributed by atoms with Crippen molar-refractivity contribution < 1.29 is 4.39 Å². The highest BCUT2D eigenvalue weighted by molar-refractivity contribution is 6.31. The molecule has 3 heteroatoms. The second kappa shape index (κ2) is 4.66. The van der Waals surface area contributed by atoms with Gasteiger partial charge in [-0.05, 0) is 36.5 Å². The molecule has 17 heavy (non-hydrogen) atoms. The summed E-state index contributed by atoms with van der Waals surface area (Å²) in [4.78, 5) is 0. The Hall–Kier alpha value is -1.07. The fourth-order valence-electron chi connectivity index (χ4n) is 2.79. The van der Waals surface area contributed by atoms with E-state index in [4.69, 9.17) is 11.6 Å². The van der Waals surface area contributed by atoms with Crippen molar-refractivity contribution >= 4 is 11.6 Å². The standard InChI is InChI=1S/C14H15ClFN/c1-2-3-10-7-14(8-10,9-17)12-5-4-11(16)6-13(12)15/h4-6,10H,2-3,7-8H2,1H3. The van der Waals surface area contributed by atoms with Crippen LogP contribution in [0.25, 0.3) is 0 Å². The smallest absolute Gasteiger partial charge is 0.124 e. The topological polar surface area (TPSA) is 23.8 Å². The SMILES string of the molecule is CCCC1CC(C#N)(c2ccc(F)cc2Cl)C1. The number of nitriles is 1. The molecule has 0 radical (unpaired) electrons. The van der Waals surface area contributed by atoms with E-state index in [2.05, 4.69) is 13.0 Å². The van der Waals surface area contributed by atoms with Gasteiger partial charge in [-0.2, -0.15) is 5.26 Å². The summed E-state index contributed by atoms with van der Waals surface area (Å²) in [6.07, 6.45) is 4.00. The molecule has 1 saturated carbocycles. The molecule has 2 rings (SSSR count). The van der Waals surface area contributed by atoms with E-state index in [0.717, 1.165) is 31.2 Å². The van der Waals surface area contributed by atoms with Crippen LogP contribution in [-0.2, 0) is 5.41 Å². The van der Waals surface area contributed by atoms with Crippen LogP contribution in [0.1, 0.15) is 38.2 Å². The Balaban J connectivity index is 2.24. The molecule has 1 aliphatic rings. The fraction of sp³-hybridized carbons (Fsp3) is 0.500. The summed E-state index contributed by atoms with van der Waals surface area (Å²) < 4.78 is 13.0. The van der Waals surface area contributed by atoms with E-state index in [1.165, 1.54) is 12.1 Å². The van der Waals surface area contributed by atoms with E-state index in [1.54, 1.807) is 6.07 Å². The average molecular weight is 252 g/mol. The van der Waals surface area contributed by atoms with Gasteiger partial charge in [-0.3, -0.25) is 0 Å². The van der Waals surface area contributed by atoms with Gasteiger partial charge in [-0.1, -0.05) is 37.4 Å². The Morgan fingerprint density at radius 1 is 1.53 bits per heavy atom. The molecule has 0 unspecified atom stereocenters. The van der Waals surface area contributed by atoms with E-state index in [0.29, 0.717) is 10.9 Å². The Labute approximate surface area is 106 Å². The largest absolute Gasteiger partial charge is 0.207 e. The van der Waals surface area contributed by atoms with Crippen LogP contribution in [0, 0.1) is 23.1 Å². The van der Waals surface area contributed by atoms with E-state index >= 15 is 0 Å². The van der Waals surface area contributed by atoms with Gasteiger partial charge in [0.2, 0.25) is 0 Å². The molecule has 0 spiro atoms. The fourth-order valence-corrected chi connectivity index (χ4v) is 3.14. The van der Waals surface area contributed by atoms with E-state index in [-0.39, 0.29) is 5.82 Å². The second-order valence-electron chi connectivity index (χ2n) is 4.88. The lowest BCUT2D eigenvalue weighted by Crippen LogP contribution is -2.40. The molecule has 1 aromatic carbocycles. The lowest BCUT2D eigenvalue weighted by molar-refractivity contribution is 0.184. The molecule has 0 aromatic heterocycles. The molecule has 0 heterocycles. The first kappa shape index (κ1) is 12.4. The zero-order chi connectivity index (χ0) is 12.5. The van der Waals surface area contributed by atoms with Crippen molar-refractivity contribution in [2.24, 2.45) is 5.92 Å². The van der Waals surface area contributed by atoms with Gasteiger partial charge < -0.3 is 0 Å². The maximum Gasteiger partial charge on any atom is 0.124 e. The predicted molar refractivity (Wildman–Crippen MR) is 66.3 cm³/mol. The minimum atomic E-state index is -0.482. The van der Waals surface area contributed by atoms with Crippen molar-refractivity contribution in [3.8, 4) is 6.07 Å². The molecule has 0 bridgehead atoms. The van der Waals surface area contributed by atoms with Gasteiger partial charge >= 0.3 is 0 Å². The van der Waals surface area contributed by atoms with E-state index < -0.39 is 5.41 Å². The van der Waals surface area contributed by atoms with Gasteiger partial charge in [-0.25, -0.2) is 4.39 Å². The van der Waals surface area contributed by atoms with Crippen LogP contribution in [0.2, 0.25) is 5.02 Å². The van der Waals surface area contributed by atoms with Gasteiger partial charge in [0.1, 0.15) is 5.82 Å². The highest BCUT2D eigenvalue weighted by atomic mass is 35.5. The van der Waals surface area contributed by atoms with Crippen LogP contribution < -0.4 is 0 Å². The molecule has 0 aliphatic heterocycles. The van der Waals surface area contributed by atoms with E-state index in [9.17, 15) is 9.65 Å². The van der Waals surface area contributed by atoms with E-state index in [1.807, 2.05) is 0 Å². The lowest BCUT2D eigenvalue weighted by atomic mass is 9.58. The third-order valence-electron chi connectivity index (χ3n) is 3.63. The summed E-state index contributed by atoms with van der Waals surface area (Å²) >= 11 is 6.04. The Morgan fingerprint density at radius 3 is 2.76 bits per heavy atom. The number of halogens is 2. The molecule has 0 atom stereocenters. The van der Waals surface area contributed by atoms with Crippen LogP contribution in [-0.4, -0.2) is 0 Å². The highest BCUT2D eigenvalue weighted by Gasteiger charge is 2.46. The number of nitrogens with zero attached hydrogens (tertiary/aromatic N) is 1. The first-order chi connectivity index (χ1) is 8.11. The number of benzene rings is 1. The molecule has 1 nitrogen and oxygen atoms in total. The molecular weight excluding hydrogens is 237 g/mol. The summed E-state index contributed by atoms with van der Waals surface area (Å²) in [6.45, 7) is 2.15. The van der Waals surface area contributed by atoms with Crippen molar-refractivity contribution in [1.29, 1.82) is 5.26 Å². The van der Waals surface area contributed by atoms with Gasteiger partial charge in [0.05, 0.1) is 11.5 Å². The summed E-state index contributed by atoms with van der Waals surface area (Å²) in [7, 11) is 0. The van der Waals surface area contributed by atoms with Crippen molar-refractivity contribution in [3.63, 3.8) is 0 Å². The lowest BCUT2D eigenvalue weighted by Gasteiger charge is -2.43. The average Bonchev–Trinajstić information content (AvgIpc) is 2.24. The zero-order valence-electron chi connectivity index (χ0n) is 9.84. The second-order valence-corrected chi connectivity index (χ2v) is 5.29. The summed E-state index contributed by atoms with van der Waals surface area (Å²) in [5.41, 5.74) is 0.306. The Morgan fingerprint density at radius 2 is 2.24 bits per heavy atom. The maximum absolute atomic E-state index is 13.0. The van der Waals surface area contributed by atoms with Gasteiger partial charge in [-0.15, -0.1) is 0 Å². The molecule has 90 valence electrons. The van der Waals surface area contributed by atoms with Crippen LogP contribution in [0.15, 0.2) is 18.2 Å². The maximum atomic E-state index is 13.0. The summed E-state index contributed by atoms with van der Waals surface area (Å²) in [5, 5.41) is 9.74. The number of rotatable bonds is 3. The molecule has 0 N–H and O–H groups in total. The number of hydrogen-bond acceptors (Lipinski definition) is 1. The quantitative estimate of drug-likeness (QED) is 0.779.